The lowest BCUT2D eigenvalue weighted by molar-refractivity contribution is -0.122. The summed E-state index contributed by atoms with van der Waals surface area (Å²) < 4.78 is 4.03. The molecule has 5 rings (SSSR count). The largest absolute Gasteiger partial charge is 0.395 e. The number of aromatic nitrogens is 1. The molecule has 0 unspecified atom stereocenters. The average Bonchev–Trinajstić information content (AvgIpc) is 3.41. The number of primary amides is 1. The Labute approximate surface area is 253 Å². The third kappa shape index (κ3) is 6.48. The summed E-state index contributed by atoms with van der Waals surface area (Å²) >= 11 is 6.97. The molecule has 1 aliphatic carbocycles. The first-order valence-corrected chi connectivity index (χ1v) is 15.0. The maximum atomic E-state index is 14.3. The Hall–Kier alpha value is -4.21. The fraction of sp³-hybridized carbons (Fsp3) is 0.250. The van der Waals surface area contributed by atoms with Gasteiger partial charge in [0.05, 0.1) is 5.69 Å². The first-order chi connectivity index (χ1) is 20.3. The van der Waals surface area contributed by atoms with Gasteiger partial charge >= 0.3 is 0 Å². The minimum atomic E-state index is -1.09. The van der Waals surface area contributed by atoms with E-state index < -0.39 is 23.8 Å². The van der Waals surface area contributed by atoms with Crippen molar-refractivity contribution in [3.63, 3.8) is 0 Å². The van der Waals surface area contributed by atoms with Gasteiger partial charge in [-0.3, -0.25) is 19.3 Å². The molecule has 4 aromatic rings. The fourth-order valence-electron chi connectivity index (χ4n) is 5.41. The van der Waals surface area contributed by atoms with E-state index in [9.17, 15) is 14.4 Å². The Morgan fingerprint density at radius 3 is 2.24 bits per heavy atom. The van der Waals surface area contributed by atoms with Crippen LogP contribution < -0.4 is 21.7 Å². The number of rotatable bonds is 9. The number of nitrogen functional groups attached to an aromatic ring is 1. The van der Waals surface area contributed by atoms with Crippen LogP contribution in [-0.2, 0) is 11.3 Å². The van der Waals surface area contributed by atoms with Crippen LogP contribution in [-0.4, -0.2) is 22.1 Å². The van der Waals surface area contributed by atoms with Crippen molar-refractivity contribution < 1.29 is 14.4 Å². The van der Waals surface area contributed by atoms with Crippen LogP contribution in [0.2, 0.25) is 5.02 Å². The SMILES string of the molecule is NC(=O)c1nsc(C(=O)N(c2ccc(C3CCCCC3)cc2)[C@H](C(=O)NCc2ccccc2)c2ccc(Cl)cc2)c1N. The number of hydrogen-bond donors (Lipinski definition) is 3. The van der Waals surface area contributed by atoms with Crippen molar-refractivity contribution >= 4 is 52.2 Å². The van der Waals surface area contributed by atoms with Crippen molar-refractivity contribution in [2.75, 3.05) is 10.6 Å². The topological polar surface area (TPSA) is 131 Å². The second-order valence-corrected chi connectivity index (χ2v) is 11.6. The summed E-state index contributed by atoms with van der Waals surface area (Å²) in [6.07, 6.45) is 5.91. The lowest BCUT2D eigenvalue weighted by atomic mass is 9.84. The number of halogens is 1. The molecule has 0 spiro atoms. The normalized spacial score (nSPS) is 14.2. The van der Waals surface area contributed by atoms with Gasteiger partial charge in [-0.1, -0.05) is 85.5 Å². The molecule has 5 N–H and O–H groups in total. The summed E-state index contributed by atoms with van der Waals surface area (Å²) in [5.41, 5.74) is 14.5. The van der Waals surface area contributed by atoms with Crippen molar-refractivity contribution in [3.05, 3.63) is 111 Å². The summed E-state index contributed by atoms with van der Waals surface area (Å²) in [4.78, 5) is 41.6. The van der Waals surface area contributed by atoms with E-state index in [0.717, 1.165) is 29.9 Å². The van der Waals surface area contributed by atoms with Crippen molar-refractivity contribution in [2.45, 2.75) is 50.6 Å². The molecule has 1 fully saturated rings. The number of anilines is 2. The average molecular weight is 602 g/mol. The molecule has 1 aliphatic rings. The maximum Gasteiger partial charge on any atom is 0.273 e. The van der Waals surface area contributed by atoms with E-state index in [1.165, 1.54) is 29.7 Å². The zero-order valence-corrected chi connectivity index (χ0v) is 24.5. The van der Waals surface area contributed by atoms with E-state index in [1.54, 1.807) is 24.3 Å². The highest BCUT2D eigenvalue weighted by Crippen LogP contribution is 2.37. The predicted octanol–water partition coefficient (Wildman–Crippen LogP) is 6.23. The predicted molar refractivity (Wildman–Crippen MR) is 167 cm³/mol. The van der Waals surface area contributed by atoms with E-state index in [4.69, 9.17) is 23.1 Å². The van der Waals surface area contributed by atoms with Gasteiger partial charge in [-0.2, -0.15) is 4.37 Å². The van der Waals surface area contributed by atoms with Crippen molar-refractivity contribution in [3.8, 4) is 0 Å². The van der Waals surface area contributed by atoms with Crippen LogP contribution >= 0.6 is 23.1 Å². The van der Waals surface area contributed by atoms with E-state index >= 15 is 0 Å². The van der Waals surface area contributed by atoms with Gasteiger partial charge in [-0.05, 0) is 71.2 Å². The monoisotopic (exact) mass is 601 g/mol. The van der Waals surface area contributed by atoms with Gasteiger partial charge in [0.15, 0.2) is 5.69 Å². The zero-order chi connectivity index (χ0) is 29.6. The van der Waals surface area contributed by atoms with Crippen LogP contribution in [0.1, 0.15) is 80.9 Å². The Bertz CT molecular complexity index is 1550. The van der Waals surface area contributed by atoms with E-state index in [-0.39, 0.29) is 22.8 Å². The van der Waals surface area contributed by atoms with E-state index in [1.807, 2.05) is 54.6 Å². The highest BCUT2D eigenvalue weighted by atomic mass is 35.5. The number of nitrogens with one attached hydrogen (secondary N) is 1. The number of amides is 3. The molecule has 3 aromatic carbocycles. The molecule has 3 amide bonds. The van der Waals surface area contributed by atoms with Crippen molar-refractivity contribution in [2.24, 2.45) is 5.73 Å². The number of carbonyl (C=O) groups is 3. The molecule has 0 radical (unpaired) electrons. The second-order valence-electron chi connectivity index (χ2n) is 10.4. The number of hydrogen-bond acceptors (Lipinski definition) is 6. The Balaban J connectivity index is 1.58. The first kappa shape index (κ1) is 29.3. The quantitative estimate of drug-likeness (QED) is 0.209. The standard InChI is InChI=1S/C32H32ClN5O3S/c33-24-15-11-23(12-16-24)28(31(40)36-19-20-7-3-1-4-8-20)38(32(41)29-26(34)27(30(35)39)37-42-29)25-17-13-22(14-18-25)21-9-5-2-6-10-21/h1,3-4,7-8,11-18,21,28H,2,5-6,9-10,19,34H2,(H2,35,39)(H,36,40)/t28-/m0/s1. The van der Waals surface area contributed by atoms with Gasteiger partial charge in [0, 0.05) is 17.3 Å². The molecule has 0 bridgehead atoms. The van der Waals surface area contributed by atoms with E-state index in [2.05, 4.69) is 9.69 Å². The molecular weight excluding hydrogens is 570 g/mol. The fourth-order valence-corrected chi connectivity index (χ4v) is 6.28. The van der Waals surface area contributed by atoms with Crippen LogP contribution in [0.5, 0.6) is 0 Å². The molecule has 1 heterocycles. The maximum absolute atomic E-state index is 14.3. The first-order valence-electron chi connectivity index (χ1n) is 13.9. The highest BCUT2D eigenvalue weighted by molar-refractivity contribution is 7.09. The summed E-state index contributed by atoms with van der Waals surface area (Å²) in [6, 6.07) is 23.0. The van der Waals surface area contributed by atoms with Gasteiger partial charge in [-0.25, -0.2) is 0 Å². The van der Waals surface area contributed by atoms with Gasteiger partial charge in [0.2, 0.25) is 5.91 Å². The second kappa shape index (κ2) is 13.2. The van der Waals surface area contributed by atoms with Gasteiger partial charge in [0.25, 0.3) is 11.8 Å². The molecule has 1 aromatic heterocycles. The zero-order valence-electron chi connectivity index (χ0n) is 23.0. The third-order valence-electron chi connectivity index (χ3n) is 7.62. The molecule has 1 atom stereocenters. The summed E-state index contributed by atoms with van der Waals surface area (Å²) in [6.45, 7) is 0.265. The van der Waals surface area contributed by atoms with Crippen LogP contribution in [0, 0.1) is 0 Å². The number of nitrogens with two attached hydrogens (primary N) is 2. The highest BCUT2D eigenvalue weighted by Gasteiger charge is 2.36. The Morgan fingerprint density at radius 1 is 0.952 bits per heavy atom. The van der Waals surface area contributed by atoms with Gasteiger partial charge < -0.3 is 16.8 Å². The lowest BCUT2D eigenvalue weighted by Crippen LogP contribution is -2.44. The number of nitrogens with zero attached hydrogens (tertiary/aromatic N) is 2. The molecule has 42 heavy (non-hydrogen) atoms. The van der Waals surface area contributed by atoms with Crippen LogP contribution in [0.4, 0.5) is 11.4 Å². The molecule has 10 heteroatoms. The van der Waals surface area contributed by atoms with Crippen molar-refractivity contribution in [1.82, 2.24) is 9.69 Å². The number of carbonyl (C=O) groups excluding carboxylic acids is 3. The Morgan fingerprint density at radius 2 is 1.62 bits per heavy atom. The lowest BCUT2D eigenvalue weighted by Gasteiger charge is -2.32. The van der Waals surface area contributed by atoms with Gasteiger partial charge in [0.1, 0.15) is 10.9 Å². The minimum Gasteiger partial charge on any atom is -0.395 e. The molecular formula is C32H32ClN5O3S. The number of benzene rings is 3. The summed E-state index contributed by atoms with van der Waals surface area (Å²) in [7, 11) is 0. The minimum absolute atomic E-state index is 0.0231. The molecule has 0 aliphatic heterocycles. The summed E-state index contributed by atoms with van der Waals surface area (Å²) in [5.74, 6) is -1.34. The molecule has 216 valence electrons. The Kier molecular flexibility index (Phi) is 9.19. The van der Waals surface area contributed by atoms with Crippen LogP contribution in [0.25, 0.3) is 0 Å². The third-order valence-corrected chi connectivity index (χ3v) is 8.73. The summed E-state index contributed by atoms with van der Waals surface area (Å²) in [5, 5.41) is 3.48. The molecule has 8 nitrogen and oxygen atoms in total. The van der Waals surface area contributed by atoms with Crippen LogP contribution in [0.15, 0.2) is 78.9 Å². The van der Waals surface area contributed by atoms with Crippen molar-refractivity contribution in [1.29, 1.82) is 0 Å². The van der Waals surface area contributed by atoms with Crippen LogP contribution in [0.3, 0.4) is 0 Å². The van der Waals surface area contributed by atoms with Gasteiger partial charge in [-0.15, -0.1) is 0 Å². The molecule has 1 saturated carbocycles. The molecule has 0 saturated heterocycles. The van der Waals surface area contributed by atoms with E-state index in [0.29, 0.717) is 22.2 Å². The smallest absolute Gasteiger partial charge is 0.273 e.